The van der Waals surface area contributed by atoms with Crippen LogP contribution in [0.15, 0.2) is 12.1 Å². The van der Waals surface area contributed by atoms with E-state index in [0.717, 1.165) is 18.5 Å². The van der Waals surface area contributed by atoms with Gasteiger partial charge in [0, 0.05) is 24.3 Å². The van der Waals surface area contributed by atoms with Crippen LogP contribution in [0.4, 0.5) is 5.82 Å². The molecule has 0 bridgehead atoms. The van der Waals surface area contributed by atoms with Gasteiger partial charge in [-0.05, 0) is 18.6 Å². The topological polar surface area (TPSA) is 80.5 Å². The van der Waals surface area contributed by atoms with E-state index in [9.17, 15) is 4.79 Å². The van der Waals surface area contributed by atoms with E-state index in [1.165, 1.54) is 0 Å². The van der Waals surface area contributed by atoms with Gasteiger partial charge in [-0.15, -0.1) is 0 Å². The number of aromatic nitrogens is 1. The molecule has 0 unspecified atom stereocenters. The molecule has 0 radical (unpaired) electrons. The highest BCUT2D eigenvalue weighted by atomic mass is 16.5. The molecule has 0 atom stereocenters. The number of nitrogens with one attached hydrogen (secondary N) is 1. The van der Waals surface area contributed by atoms with Crippen LogP contribution in [0.25, 0.3) is 0 Å². The lowest BCUT2D eigenvalue weighted by atomic mass is 10.1. The molecule has 1 saturated heterocycles. The number of nitrogens with two attached hydrogens (primary N) is 1. The summed E-state index contributed by atoms with van der Waals surface area (Å²) in [6, 6.07) is 3.41. The largest absolute Gasteiger partial charge is 0.384 e. The molecule has 0 aliphatic carbocycles. The van der Waals surface area contributed by atoms with Gasteiger partial charge in [-0.25, -0.2) is 9.99 Å². The van der Waals surface area contributed by atoms with Crippen molar-refractivity contribution in [3.63, 3.8) is 0 Å². The smallest absolute Gasteiger partial charge is 0.265 e. The first-order chi connectivity index (χ1) is 9.19. The van der Waals surface area contributed by atoms with Gasteiger partial charge in [0.15, 0.2) is 0 Å². The Labute approximate surface area is 112 Å². The van der Waals surface area contributed by atoms with Crippen LogP contribution in [0.2, 0.25) is 0 Å². The van der Waals surface area contributed by atoms with Crippen LogP contribution in [0.1, 0.15) is 29.4 Å². The highest BCUT2D eigenvalue weighted by Gasteiger charge is 2.15. The third-order valence-electron chi connectivity index (χ3n) is 2.94. The third kappa shape index (κ3) is 3.90. The van der Waals surface area contributed by atoms with Gasteiger partial charge in [-0.1, -0.05) is 13.3 Å². The highest BCUT2D eigenvalue weighted by Crippen LogP contribution is 2.10. The average molecular weight is 264 g/mol. The van der Waals surface area contributed by atoms with Gasteiger partial charge in [-0.3, -0.25) is 10.2 Å². The number of ether oxygens (including phenoxy) is 1. The van der Waals surface area contributed by atoms with Gasteiger partial charge in [-0.2, -0.15) is 0 Å². The predicted molar refractivity (Wildman–Crippen MR) is 72.5 cm³/mol. The zero-order chi connectivity index (χ0) is 13.7. The number of hydrogen-bond donors (Lipinski definition) is 2. The number of nitrogen functional groups attached to an aromatic ring is 1. The molecule has 1 aliphatic heterocycles. The summed E-state index contributed by atoms with van der Waals surface area (Å²) < 4.78 is 5.23. The number of morpholine rings is 1. The number of pyridine rings is 1. The second kappa shape index (κ2) is 6.49. The Balaban J connectivity index is 2.05. The van der Waals surface area contributed by atoms with E-state index in [1.54, 1.807) is 12.1 Å². The lowest BCUT2D eigenvalue weighted by Crippen LogP contribution is -2.48. The van der Waals surface area contributed by atoms with Crippen LogP contribution in [0, 0.1) is 0 Å². The fourth-order valence-electron chi connectivity index (χ4n) is 2.01. The molecule has 0 aromatic carbocycles. The van der Waals surface area contributed by atoms with E-state index < -0.39 is 0 Å². The summed E-state index contributed by atoms with van der Waals surface area (Å²) in [5.74, 6) is 0.242. The molecule has 0 saturated carbocycles. The van der Waals surface area contributed by atoms with Gasteiger partial charge < -0.3 is 10.5 Å². The molecule has 104 valence electrons. The Kier molecular flexibility index (Phi) is 4.70. The molecule has 0 spiro atoms. The van der Waals surface area contributed by atoms with Crippen LogP contribution in [-0.4, -0.2) is 42.2 Å². The fourth-order valence-corrected chi connectivity index (χ4v) is 2.01. The Hall–Kier alpha value is -1.66. The molecular formula is C13H20N4O2. The van der Waals surface area contributed by atoms with Gasteiger partial charge in [0.2, 0.25) is 0 Å². The molecule has 1 aromatic rings. The monoisotopic (exact) mass is 264 g/mol. The minimum Gasteiger partial charge on any atom is -0.384 e. The predicted octanol–water partition coefficient (Wildman–Crippen LogP) is 0.593. The second-order valence-electron chi connectivity index (χ2n) is 4.56. The van der Waals surface area contributed by atoms with Crippen LogP contribution < -0.4 is 11.2 Å². The Morgan fingerprint density at radius 3 is 2.89 bits per heavy atom. The maximum absolute atomic E-state index is 12.1. The van der Waals surface area contributed by atoms with Crippen molar-refractivity contribution in [3.05, 3.63) is 23.4 Å². The Bertz CT molecular complexity index is 444. The standard InChI is InChI=1S/C13H20N4O2/c1-2-3-11-8-10(9-12(14)15-11)13(18)16-17-4-6-19-7-5-17/h8-9H,2-7H2,1H3,(H2,14,15)(H,16,18). The van der Waals surface area contributed by atoms with Gasteiger partial charge >= 0.3 is 0 Å². The number of anilines is 1. The average Bonchev–Trinajstić information content (AvgIpc) is 2.39. The Morgan fingerprint density at radius 1 is 1.47 bits per heavy atom. The maximum atomic E-state index is 12.1. The van der Waals surface area contributed by atoms with Crippen LogP contribution >= 0.6 is 0 Å². The molecule has 3 N–H and O–H groups in total. The summed E-state index contributed by atoms with van der Waals surface area (Å²) in [6.45, 7) is 4.75. The van der Waals surface area contributed by atoms with Crippen LogP contribution in [0.5, 0.6) is 0 Å². The number of carbonyl (C=O) groups excluding carboxylic acids is 1. The van der Waals surface area contributed by atoms with Crippen molar-refractivity contribution in [1.82, 2.24) is 15.4 Å². The molecule has 1 aromatic heterocycles. The van der Waals surface area contributed by atoms with Crippen molar-refractivity contribution in [1.29, 1.82) is 0 Å². The number of hydrazine groups is 1. The zero-order valence-electron chi connectivity index (χ0n) is 11.2. The van der Waals surface area contributed by atoms with Crippen LogP contribution in [-0.2, 0) is 11.2 Å². The molecule has 1 aliphatic rings. The second-order valence-corrected chi connectivity index (χ2v) is 4.56. The summed E-state index contributed by atoms with van der Waals surface area (Å²) in [5, 5.41) is 1.86. The van der Waals surface area contributed by atoms with Crippen LogP contribution in [0.3, 0.4) is 0 Å². The number of hydrogen-bond acceptors (Lipinski definition) is 5. The first kappa shape index (κ1) is 13.8. The lowest BCUT2D eigenvalue weighted by molar-refractivity contribution is 0.0126. The van der Waals surface area contributed by atoms with E-state index in [2.05, 4.69) is 17.3 Å². The number of aryl methyl sites for hydroxylation is 1. The van der Waals surface area contributed by atoms with E-state index in [-0.39, 0.29) is 5.91 Å². The molecule has 2 heterocycles. The highest BCUT2D eigenvalue weighted by molar-refractivity contribution is 5.94. The first-order valence-corrected chi connectivity index (χ1v) is 6.59. The molecular weight excluding hydrogens is 244 g/mol. The summed E-state index contributed by atoms with van der Waals surface area (Å²) >= 11 is 0. The number of amides is 1. The van der Waals surface area contributed by atoms with Gasteiger partial charge in [0.25, 0.3) is 5.91 Å². The minimum atomic E-state index is -0.145. The first-order valence-electron chi connectivity index (χ1n) is 6.59. The molecule has 6 nitrogen and oxygen atoms in total. The van der Waals surface area contributed by atoms with E-state index >= 15 is 0 Å². The van der Waals surface area contributed by atoms with Crippen molar-refractivity contribution in [2.75, 3.05) is 32.0 Å². The van der Waals surface area contributed by atoms with E-state index in [0.29, 0.717) is 37.7 Å². The molecule has 1 amide bonds. The van der Waals surface area contributed by atoms with Crippen molar-refractivity contribution in [2.24, 2.45) is 0 Å². The normalized spacial score (nSPS) is 16.3. The number of nitrogens with zero attached hydrogens (tertiary/aromatic N) is 2. The Morgan fingerprint density at radius 2 is 2.21 bits per heavy atom. The fraction of sp³-hybridized carbons (Fsp3) is 0.538. The molecule has 6 heteroatoms. The number of rotatable bonds is 4. The minimum absolute atomic E-state index is 0.145. The van der Waals surface area contributed by atoms with Crippen molar-refractivity contribution in [3.8, 4) is 0 Å². The SMILES string of the molecule is CCCc1cc(C(=O)NN2CCOCC2)cc(N)n1. The molecule has 19 heavy (non-hydrogen) atoms. The van der Waals surface area contributed by atoms with Crippen molar-refractivity contribution < 1.29 is 9.53 Å². The summed E-state index contributed by atoms with van der Waals surface area (Å²) in [5.41, 5.74) is 10.0. The third-order valence-corrected chi connectivity index (χ3v) is 2.94. The number of carbonyl (C=O) groups is 1. The maximum Gasteiger partial charge on any atom is 0.265 e. The van der Waals surface area contributed by atoms with Gasteiger partial charge in [0.05, 0.1) is 13.2 Å². The zero-order valence-corrected chi connectivity index (χ0v) is 11.2. The van der Waals surface area contributed by atoms with Gasteiger partial charge in [0.1, 0.15) is 5.82 Å². The summed E-state index contributed by atoms with van der Waals surface area (Å²) in [6.07, 6.45) is 1.80. The van der Waals surface area contributed by atoms with E-state index in [1.807, 2.05) is 5.01 Å². The van der Waals surface area contributed by atoms with Crippen molar-refractivity contribution in [2.45, 2.75) is 19.8 Å². The molecule has 1 fully saturated rings. The quantitative estimate of drug-likeness (QED) is 0.832. The lowest BCUT2D eigenvalue weighted by Gasteiger charge is -2.27. The summed E-state index contributed by atoms with van der Waals surface area (Å²) in [4.78, 5) is 16.4. The summed E-state index contributed by atoms with van der Waals surface area (Å²) in [7, 11) is 0. The van der Waals surface area contributed by atoms with Crippen molar-refractivity contribution >= 4 is 11.7 Å². The van der Waals surface area contributed by atoms with E-state index in [4.69, 9.17) is 10.5 Å². The molecule has 2 rings (SSSR count).